The van der Waals surface area contributed by atoms with Gasteiger partial charge in [0.05, 0.1) is 20.3 Å². The van der Waals surface area contributed by atoms with Gasteiger partial charge in [0.25, 0.3) is 0 Å². The highest BCUT2D eigenvalue weighted by Crippen LogP contribution is 2.47. The smallest absolute Gasteiger partial charge is 0.333 e. The van der Waals surface area contributed by atoms with E-state index in [0.717, 1.165) is 49.2 Å². The number of hydrogen-bond donors (Lipinski definition) is 1. The normalized spacial score (nSPS) is 25.3. The lowest BCUT2D eigenvalue weighted by Crippen LogP contribution is -2.46. The molecule has 0 saturated carbocycles. The maximum absolute atomic E-state index is 12.4. The number of hydrogen-bond acceptors (Lipinski definition) is 4. The van der Waals surface area contributed by atoms with Crippen LogP contribution in [0.4, 0.5) is 0 Å². The van der Waals surface area contributed by atoms with Crippen LogP contribution in [0, 0.1) is 11.8 Å². The zero-order valence-corrected chi connectivity index (χ0v) is 17.2. The molecule has 3 unspecified atom stereocenters. The van der Waals surface area contributed by atoms with Gasteiger partial charge in [-0.2, -0.15) is 0 Å². The molecule has 0 bridgehead atoms. The van der Waals surface area contributed by atoms with E-state index < -0.39 is 0 Å². The average Bonchev–Trinajstić information content (AvgIpc) is 3.12. The highest BCUT2D eigenvalue weighted by Gasteiger charge is 2.42. The zero-order chi connectivity index (χ0) is 19.8. The lowest BCUT2D eigenvalue weighted by molar-refractivity contribution is -0.137. The molecule has 2 aromatic rings. The molecule has 3 heterocycles. The molecule has 1 saturated heterocycles. The molecule has 0 radical (unpaired) electrons. The van der Waals surface area contributed by atoms with Crippen molar-refractivity contribution in [1.82, 2.24) is 9.88 Å². The van der Waals surface area contributed by atoms with E-state index in [1.807, 2.05) is 25.1 Å². The molecule has 1 aromatic heterocycles. The molecule has 28 heavy (non-hydrogen) atoms. The highest BCUT2D eigenvalue weighted by molar-refractivity contribution is 5.91. The summed E-state index contributed by atoms with van der Waals surface area (Å²) in [5, 5.41) is 1.22. The third kappa shape index (κ3) is 2.93. The fourth-order valence-corrected chi connectivity index (χ4v) is 5.35. The van der Waals surface area contributed by atoms with Gasteiger partial charge >= 0.3 is 5.97 Å². The van der Waals surface area contributed by atoms with Crippen molar-refractivity contribution in [2.75, 3.05) is 27.3 Å². The highest BCUT2D eigenvalue weighted by atomic mass is 16.5. The minimum atomic E-state index is -0.186. The van der Waals surface area contributed by atoms with Gasteiger partial charge in [0, 0.05) is 35.3 Å². The van der Waals surface area contributed by atoms with Gasteiger partial charge in [-0.3, -0.25) is 4.90 Å². The predicted octanol–water partition coefficient (Wildman–Crippen LogP) is 4.24. The Kier molecular flexibility index (Phi) is 5.19. The fraction of sp³-hybridized carbons (Fsp3) is 0.522. The van der Waals surface area contributed by atoms with Crippen molar-refractivity contribution in [3.63, 3.8) is 0 Å². The number of ether oxygens (including phenoxy) is 2. The summed E-state index contributed by atoms with van der Waals surface area (Å²) >= 11 is 0. The van der Waals surface area contributed by atoms with Crippen LogP contribution in [-0.4, -0.2) is 43.2 Å². The van der Waals surface area contributed by atoms with Crippen LogP contribution in [0.1, 0.15) is 44.0 Å². The molecule has 3 atom stereocenters. The van der Waals surface area contributed by atoms with E-state index in [2.05, 4.69) is 22.9 Å². The van der Waals surface area contributed by atoms with Crippen LogP contribution >= 0.6 is 0 Å². The Morgan fingerprint density at radius 2 is 2.18 bits per heavy atom. The summed E-state index contributed by atoms with van der Waals surface area (Å²) in [5.74, 6) is 1.45. The third-order valence-electron chi connectivity index (χ3n) is 6.74. The first-order valence-corrected chi connectivity index (χ1v) is 10.3. The Labute approximate surface area is 166 Å². The summed E-state index contributed by atoms with van der Waals surface area (Å²) in [6.45, 7) is 6.25. The topological polar surface area (TPSA) is 54.6 Å². The minimum absolute atomic E-state index is 0.186. The first-order valence-electron chi connectivity index (χ1n) is 10.3. The molecule has 1 aromatic carbocycles. The van der Waals surface area contributed by atoms with Crippen molar-refractivity contribution in [3.8, 4) is 5.75 Å². The summed E-state index contributed by atoms with van der Waals surface area (Å²) in [6, 6.07) is 6.50. The van der Waals surface area contributed by atoms with Crippen LogP contribution in [0.5, 0.6) is 5.75 Å². The number of aromatic amines is 1. The molecular formula is C23H30N2O3. The number of rotatable bonds is 4. The summed E-state index contributed by atoms with van der Waals surface area (Å²) < 4.78 is 10.7. The summed E-state index contributed by atoms with van der Waals surface area (Å²) in [5.41, 5.74) is 4.64. The van der Waals surface area contributed by atoms with Crippen LogP contribution in [0.25, 0.3) is 10.9 Å². The van der Waals surface area contributed by atoms with Crippen LogP contribution in [0.2, 0.25) is 0 Å². The second-order valence-electron chi connectivity index (χ2n) is 7.91. The Balaban J connectivity index is 1.76. The van der Waals surface area contributed by atoms with E-state index in [1.54, 1.807) is 7.11 Å². The fourth-order valence-electron chi connectivity index (χ4n) is 5.35. The molecule has 1 N–H and O–H groups in total. The first kappa shape index (κ1) is 19.1. The number of nitrogens with zero attached hydrogens (tertiary/aromatic N) is 1. The number of fused-ring (bicyclic) bond motifs is 5. The molecular weight excluding hydrogens is 352 g/mol. The number of carbonyl (C=O) groups is 1. The van der Waals surface area contributed by atoms with Gasteiger partial charge < -0.3 is 14.5 Å². The third-order valence-corrected chi connectivity index (χ3v) is 6.74. The van der Waals surface area contributed by atoms with Gasteiger partial charge in [-0.05, 0) is 49.3 Å². The molecule has 150 valence electrons. The number of allylic oxidation sites excluding steroid dienone is 1. The molecule has 0 aliphatic carbocycles. The summed E-state index contributed by atoms with van der Waals surface area (Å²) in [6.07, 6.45) is 4.98. The van der Waals surface area contributed by atoms with Crippen LogP contribution in [0.3, 0.4) is 0 Å². The van der Waals surface area contributed by atoms with Crippen LogP contribution in [-0.2, 0) is 16.0 Å². The second-order valence-corrected chi connectivity index (χ2v) is 7.91. The molecule has 0 amide bonds. The molecule has 0 spiro atoms. The van der Waals surface area contributed by atoms with Crippen molar-refractivity contribution in [1.29, 1.82) is 0 Å². The summed E-state index contributed by atoms with van der Waals surface area (Å²) in [7, 11) is 3.21. The van der Waals surface area contributed by atoms with Gasteiger partial charge in [-0.15, -0.1) is 0 Å². The van der Waals surface area contributed by atoms with Gasteiger partial charge in [0.1, 0.15) is 5.75 Å². The number of aromatic nitrogens is 1. The number of H-pyrrole nitrogens is 1. The van der Waals surface area contributed by atoms with E-state index in [4.69, 9.17) is 9.47 Å². The predicted molar refractivity (Wildman–Crippen MR) is 111 cm³/mol. The Bertz CT molecular complexity index is 914. The standard InChI is InChI=1S/C23H30N2O3/c1-5-14-13-25-11-10-16-21-18(8-7-9-20(21)27-3)24-22(16)19(25)12-17(14)15(6-2)23(26)28-4/h6-9,14,17,19,24H,5,10-13H2,1-4H3/b15-6+. The average molecular weight is 383 g/mol. The molecule has 2 aliphatic heterocycles. The van der Waals surface area contributed by atoms with E-state index in [-0.39, 0.29) is 11.9 Å². The molecule has 5 nitrogen and oxygen atoms in total. The van der Waals surface area contributed by atoms with Crippen LogP contribution in [0.15, 0.2) is 29.8 Å². The van der Waals surface area contributed by atoms with E-state index in [1.165, 1.54) is 23.8 Å². The maximum atomic E-state index is 12.4. The maximum Gasteiger partial charge on any atom is 0.333 e. The second kappa shape index (κ2) is 7.63. The van der Waals surface area contributed by atoms with E-state index >= 15 is 0 Å². The SMILES string of the molecule is C/C=C(/C(=O)OC)C1CC2c3[nH]c4cccc(OC)c4c3CCN2CC1CC. The minimum Gasteiger partial charge on any atom is -0.496 e. The quantitative estimate of drug-likeness (QED) is 0.635. The lowest BCUT2D eigenvalue weighted by Gasteiger charge is -2.46. The van der Waals surface area contributed by atoms with Crippen molar-refractivity contribution in [2.24, 2.45) is 11.8 Å². The van der Waals surface area contributed by atoms with Crippen molar-refractivity contribution in [2.45, 2.75) is 39.2 Å². The van der Waals surface area contributed by atoms with E-state index in [0.29, 0.717) is 12.0 Å². The number of methoxy groups -OCH3 is 2. The van der Waals surface area contributed by atoms with Gasteiger partial charge in [-0.1, -0.05) is 25.5 Å². The number of piperidine rings is 1. The van der Waals surface area contributed by atoms with Gasteiger partial charge in [-0.25, -0.2) is 4.79 Å². The first-order chi connectivity index (χ1) is 13.6. The Hall–Kier alpha value is -2.27. The number of nitrogens with one attached hydrogen (secondary N) is 1. The van der Waals surface area contributed by atoms with Gasteiger partial charge in [0.15, 0.2) is 0 Å². The Morgan fingerprint density at radius 3 is 2.86 bits per heavy atom. The van der Waals surface area contributed by atoms with E-state index in [9.17, 15) is 4.79 Å². The summed E-state index contributed by atoms with van der Waals surface area (Å²) in [4.78, 5) is 18.7. The monoisotopic (exact) mass is 382 g/mol. The molecule has 4 rings (SSSR count). The number of esters is 1. The molecule has 1 fully saturated rings. The lowest BCUT2D eigenvalue weighted by atomic mass is 9.73. The van der Waals surface area contributed by atoms with Crippen LogP contribution < -0.4 is 4.74 Å². The zero-order valence-electron chi connectivity index (χ0n) is 17.2. The van der Waals surface area contributed by atoms with Crippen molar-refractivity contribution < 1.29 is 14.3 Å². The molecule has 5 heteroatoms. The largest absolute Gasteiger partial charge is 0.496 e. The number of carbonyl (C=O) groups excluding carboxylic acids is 1. The number of benzene rings is 1. The van der Waals surface area contributed by atoms with Crippen molar-refractivity contribution >= 4 is 16.9 Å². The van der Waals surface area contributed by atoms with Gasteiger partial charge in [0.2, 0.25) is 0 Å². The Morgan fingerprint density at radius 1 is 1.36 bits per heavy atom. The molecule has 2 aliphatic rings. The van der Waals surface area contributed by atoms with Crippen molar-refractivity contribution in [3.05, 3.63) is 41.1 Å².